The van der Waals surface area contributed by atoms with Crippen LogP contribution >= 0.6 is 0 Å². The molecule has 0 aliphatic heterocycles. The van der Waals surface area contributed by atoms with Crippen LogP contribution in [-0.4, -0.2) is 47.0 Å². The van der Waals surface area contributed by atoms with E-state index in [1.807, 2.05) is 30.3 Å². The molecule has 0 fully saturated rings. The maximum Gasteiger partial charge on any atom is 0.325 e. The first-order valence-electron chi connectivity index (χ1n) is 7.87. The number of aliphatic carboxylic acids is 1. The maximum atomic E-state index is 12.8. The first-order valence-corrected chi connectivity index (χ1v) is 7.87. The molecule has 2 aromatic heterocycles. The van der Waals surface area contributed by atoms with Crippen LogP contribution in [0.15, 0.2) is 42.6 Å². The predicted octanol–water partition coefficient (Wildman–Crippen LogP) is 0.685. The minimum Gasteiger partial charge on any atom is -0.480 e. The molecule has 0 aliphatic rings. The van der Waals surface area contributed by atoms with E-state index in [1.165, 1.54) is 21.6 Å². The van der Waals surface area contributed by atoms with Gasteiger partial charge in [0.1, 0.15) is 18.4 Å². The Labute approximate surface area is 148 Å². The van der Waals surface area contributed by atoms with Gasteiger partial charge in [-0.2, -0.15) is 5.10 Å². The number of benzene rings is 1. The zero-order valence-electron chi connectivity index (χ0n) is 14.0. The van der Waals surface area contributed by atoms with E-state index in [-0.39, 0.29) is 18.3 Å². The average molecular weight is 355 g/mol. The van der Waals surface area contributed by atoms with Gasteiger partial charge in [-0.1, -0.05) is 30.3 Å². The number of rotatable bonds is 7. The van der Waals surface area contributed by atoms with Crippen LogP contribution in [0.2, 0.25) is 0 Å². The molecule has 1 unspecified atom stereocenters. The molecule has 1 aromatic carbocycles. The second-order valence-corrected chi connectivity index (χ2v) is 5.66. The van der Waals surface area contributed by atoms with E-state index in [1.54, 1.807) is 6.92 Å². The number of carbonyl (C=O) groups is 2. The van der Waals surface area contributed by atoms with Crippen molar-refractivity contribution in [3.63, 3.8) is 0 Å². The molecular formula is C16H17N7O3. The summed E-state index contributed by atoms with van der Waals surface area (Å²) in [5.41, 5.74) is 0.957. The summed E-state index contributed by atoms with van der Waals surface area (Å²) in [6, 6.07) is 10.4. The zero-order chi connectivity index (χ0) is 18.5. The van der Waals surface area contributed by atoms with Crippen LogP contribution < -0.4 is 5.32 Å². The van der Waals surface area contributed by atoms with Crippen LogP contribution in [0.3, 0.4) is 0 Å². The normalized spacial score (nSPS) is 11.9. The highest BCUT2D eigenvalue weighted by molar-refractivity contribution is 5.93. The summed E-state index contributed by atoms with van der Waals surface area (Å²) < 4.78 is 2.68. The predicted molar refractivity (Wildman–Crippen MR) is 90.2 cm³/mol. The summed E-state index contributed by atoms with van der Waals surface area (Å²) in [7, 11) is 0. The van der Waals surface area contributed by atoms with Gasteiger partial charge in [0.2, 0.25) is 0 Å². The van der Waals surface area contributed by atoms with Crippen LogP contribution in [0.4, 0.5) is 5.82 Å². The topological polar surface area (TPSA) is 128 Å². The van der Waals surface area contributed by atoms with Crippen molar-refractivity contribution < 1.29 is 14.7 Å². The molecule has 0 saturated heterocycles. The summed E-state index contributed by atoms with van der Waals surface area (Å²) in [4.78, 5) is 23.5. The molecule has 0 bridgehead atoms. The van der Waals surface area contributed by atoms with Gasteiger partial charge in [0, 0.05) is 18.7 Å². The monoisotopic (exact) mass is 355 g/mol. The van der Waals surface area contributed by atoms with Crippen LogP contribution in [0.1, 0.15) is 17.4 Å². The van der Waals surface area contributed by atoms with Crippen molar-refractivity contribution in [1.29, 1.82) is 0 Å². The molecule has 134 valence electrons. The third-order valence-electron chi connectivity index (χ3n) is 3.72. The lowest BCUT2D eigenvalue weighted by Gasteiger charge is -2.16. The molecule has 0 aliphatic carbocycles. The van der Waals surface area contributed by atoms with E-state index < -0.39 is 12.0 Å². The summed E-state index contributed by atoms with van der Waals surface area (Å²) >= 11 is 0. The Balaban J connectivity index is 1.80. The SMILES string of the molecule is Cc1nnnn1C(Cc1ccccc1)C(=O)Nc1ccn(CC(=O)O)n1. The molecule has 10 heteroatoms. The highest BCUT2D eigenvalue weighted by Gasteiger charge is 2.25. The van der Waals surface area contributed by atoms with Crippen LogP contribution in [-0.2, 0) is 22.6 Å². The number of nitrogens with zero attached hydrogens (tertiary/aromatic N) is 6. The van der Waals surface area contributed by atoms with Gasteiger partial charge in [0.15, 0.2) is 5.82 Å². The Morgan fingerprint density at radius 2 is 2.00 bits per heavy atom. The molecule has 1 amide bonds. The number of carboxylic acids is 1. The number of aryl methyl sites for hydroxylation is 1. The molecule has 3 rings (SSSR count). The first-order chi connectivity index (χ1) is 12.5. The number of nitrogens with one attached hydrogen (secondary N) is 1. The number of carbonyl (C=O) groups excluding carboxylic acids is 1. The zero-order valence-corrected chi connectivity index (χ0v) is 14.0. The minimum absolute atomic E-state index is 0.264. The molecule has 3 aromatic rings. The molecule has 1 atom stereocenters. The summed E-state index contributed by atoms with van der Waals surface area (Å²) in [5.74, 6) is -0.584. The van der Waals surface area contributed by atoms with Gasteiger partial charge >= 0.3 is 5.97 Å². The third-order valence-corrected chi connectivity index (χ3v) is 3.72. The van der Waals surface area contributed by atoms with Crippen molar-refractivity contribution in [2.75, 3.05) is 5.32 Å². The van der Waals surface area contributed by atoms with E-state index in [9.17, 15) is 9.59 Å². The summed E-state index contributed by atoms with van der Waals surface area (Å²) in [6.07, 6.45) is 1.88. The van der Waals surface area contributed by atoms with Gasteiger partial charge in [0.25, 0.3) is 5.91 Å². The largest absolute Gasteiger partial charge is 0.480 e. The van der Waals surface area contributed by atoms with Crippen molar-refractivity contribution >= 4 is 17.7 Å². The lowest BCUT2D eigenvalue weighted by Crippen LogP contribution is -2.29. The van der Waals surface area contributed by atoms with Gasteiger partial charge in [-0.05, 0) is 22.9 Å². The van der Waals surface area contributed by atoms with E-state index >= 15 is 0 Å². The van der Waals surface area contributed by atoms with Crippen molar-refractivity contribution in [3.05, 3.63) is 54.0 Å². The number of amides is 1. The van der Waals surface area contributed by atoms with Gasteiger partial charge < -0.3 is 10.4 Å². The number of hydrogen-bond acceptors (Lipinski definition) is 6. The molecule has 2 heterocycles. The number of carboxylic acid groups (broad SMARTS) is 1. The second-order valence-electron chi connectivity index (χ2n) is 5.66. The summed E-state index contributed by atoms with van der Waals surface area (Å²) in [6.45, 7) is 1.43. The Morgan fingerprint density at radius 1 is 1.23 bits per heavy atom. The fraction of sp³-hybridized carbons (Fsp3) is 0.250. The van der Waals surface area contributed by atoms with Crippen LogP contribution in [0.25, 0.3) is 0 Å². The quantitative estimate of drug-likeness (QED) is 0.638. The Morgan fingerprint density at radius 3 is 2.65 bits per heavy atom. The maximum absolute atomic E-state index is 12.8. The molecule has 0 spiro atoms. The molecule has 2 N–H and O–H groups in total. The smallest absolute Gasteiger partial charge is 0.325 e. The van der Waals surface area contributed by atoms with E-state index in [0.717, 1.165) is 5.56 Å². The number of hydrogen-bond donors (Lipinski definition) is 2. The second kappa shape index (κ2) is 7.55. The standard InChI is InChI=1S/C16H17N7O3/c1-11-18-20-21-23(11)13(9-12-5-3-2-4-6-12)16(26)17-14-7-8-22(19-14)10-15(24)25/h2-8,13H,9-10H2,1H3,(H,24,25)(H,17,19,26). The minimum atomic E-state index is -1.02. The third kappa shape index (κ3) is 4.09. The Hall–Kier alpha value is -3.56. The Kier molecular flexibility index (Phi) is 5.02. The van der Waals surface area contributed by atoms with Gasteiger partial charge in [-0.3, -0.25) is 14.3 Å². The van der Waals surface area contributed by atoms with Gasteiger partial charge in [0.05, 0.1) is 0 Å². The molecule has 0 radical (unpaired) electrons. The van der Waals surface area contributed by atoms with Crippen molar-refractivity contribution in [3.8, 4) is 0 Å². The van der Waals surface area contributed by atoms with E-state index in [0.29, 0.717) is 12.2 Å². The summed E-state index contributed by atoms with van der Waals surface area (Å²) in [5, 5.41) is 26.9. The van der Waals surface area contributed by atoms with E-state index in [4.69, 9.17) is 5.11 Å². The fourth-order valence-electron chi connectivity index (χ4n) is 2.52. The van der Waals surface area contributed by atoms with E-state index in [2.05, 4.69) is 25.9 Å². The van der Waals surface area contributed by atoms with Crippen molar-refractivity contribution in [2.45, 2.75) is 25.9 Å². The first kappa shape index (κ1) is 17.3. The highest BCUT2D eigenvalue weighted by atomic mass is 16.4. The molecule has 0 saturated carbocycles. The van der Waals surface area contributed by atoms with Gasteiger partial charge in [-0.15, -0.1) is 5.10 Å². The molecule has 26 heavy (non-hydrogen) atoms. The van der Waals surface area contributed by atoms with Crippen molar-refractivity contribution in [2.24, 2.45) is 0 Å². The van der Waals surface area contributed by atoms with Crippen molar-refractivity contribution in [1.82, 2.24) is 30.0 Å². The number of aromatic nitrogens is 6. The number of anilines is 1. The highest BCUT2D eigenvalue weighted by Crippen LogP contribution is 2.17. The molecular weight excluding hydrogens is 338 g/mol. The number of tetrazole rings is 1. The van der Waals surface area contributed by atoms with Gasteiger partial charge in [-0.25, -0.2) is 4.68 Å². The lowest BCUT2D eigenvalue weighted by molar-refractivity contribution is -0.137. The Bertz CT molecular complexity index is 903. The fourth-order valence-corrected chi connectivity index (χ4v) is 2.52. The average Bonchev–Trinajstić information content (AvgIpc) is 3.22. The lowest BCUT2D eigenvalue weighted by atomic mass is 10.1. The molecule has 10 nitrogen and oxygen atoms in total. The van der Waals surface area contributed by atoms with Crippen LogP contribution in [0.5, 0.6) is 0 Å². The van der Waals surface area contributed by atoms with Crippen LogP contribution in [0, 0.1) is 6.92 Å².